The Morgan fingerprint density at radius 2 is 2.13 bits per heavy atom. The number of imidazole rings is 1. The quantitative estimate of drug-likeness (QED) is 0.839. The molecule has 0 spiro atoms. The molecule has 0 radical (unpaired) electrons. The molecule has 1 saturated carbocycles. The summed E-state index contributed by atoms with van der Waals surface area (Å²) in [6.07, 6.45) is 8.68. The van der Waals surface area contributed by atoms with Crippen LogP contribution < -0.4 is 5.32 Å². The summed E-state index contributed by atoms with van der Waals surface area (Å²) in [7, 11) is 0. The number of carbonyl (C=O) groups is 1. The highest BCUT2D eigenvalue weighted by Gasteiger charge is 2.25. The smallest absolute Gasteiger partial charge is 0.223 e. The Bertz CT molecular complexity index is 616. The van der Waals surface area contributed by atoms with Gasteiger partial charge in [0, 0.05) is 5.92 Å². The van der Waals surface area contributed by atoms with Crippen LogP contribution in [0.5, 0.6) is 0 Å². The van der Waals surface area contributed by atoms with E-state index in [-0.39, 0.29) is 17.9 Å². The number of fused-ring (bicyclic) bond motifs is 1. The molecule has 124 valence electrons. The molecule has 2 N–H and O–H groups in total. The Morgan fingerprint density at radius 1 is 1.35 bits per heavy atom. The Kier molecular flexibility index (Phi) is 5.60. The summed E-state index contributed by atoms with van der Waals surface area (Å²) in [5.41, 5.74) is 1.99. The molecular weight excluding hydrogens is 306 g/mol. The number of H-pyrrole nitrogens is 1. The van der Waals surface area contributed by atoms with Crippen LogP contribution in [0.2, 0.25) is 0 Å². The van der Waals surface area contributed by atoms with Gasteiger partial charge in [-0.1, -0.05) is 31.4 Å². The molecule has 0 aliphatic heterocycles. The summed E-state index contributed by atoms with van der Waals surface area (Å²) in [6.45, 7) is 0. The van der Waals surface area contributed by atoms with E-state index in [1.54, 1.807) is 11.8 Å². The number of nitrogens with one attached hydrogen (secondary N) is 2. The van der Waals surface area contributed by atoms with Gasteiger partial charge in [0.05, 0.1) is 17.1 Å². The van der Waals surface area contributed by atoms with Gasteiger partial charge in [0.25, 0.3) is 0 Å². The van der Waals surface area contributed by atoms with Crippen LogP contribution >= 0.6 is 11.8 Å². The van der Waals surface area contributed by atoms with Gasteiger partial charge in [-0.05, 0) is 43.4 Å². The molecule has 1 aromatic heterocycles. The number of benzene rings is 1. The van der Waals surface area contributed by atoms with E-state index in [0.717, 1.165) is 41.9 Å². The summed E-state index contributed by atoms with van der Waals surface area (Å²) < 4.78 is 0. The zero-order valence-electron chi connectivity index (χ0n) is 13.7. The van der Waals surface area contributed by atoms with Gasteiger partial charge < -0.3 is 10.3 Å². The molecular formula is C18H25N3OS. The number of para-hydroxylation sites is 2. The molecule has 1 amide bonds. The average molecular weight is 331 g/mol. The normalized spacial score (nSPS) is 17.3. The Labute approximate surface area is 141 Å². The third-order valence-electron chi connectivity index (χ3n) is 4.64. The van der Waals surface area contributed by atoms with Crippen LogP contribution in [0.3, 0.4) is 0 Å². The van der Waals surface area contributed by atoms with Crippen LogP contribution in [-0.4, -0.2) is 27.9 Å². The van der Waals surface area contributed by atoms with E-state index in [0.29, 0.717) is 0 Å². The van der Waals surface area contributed by atoms with Gasteiger partial charge in [0.1, 0.15) is 5.82 Å². The minimum absolute atomic E-state index is 0.0238. The van der Waals surface area contributed by atoms with E-state index in [1.165, 1.54) is 19.3 Å². The first-order chi connectivity index (χ1) is 11.3. The summed E-state index contributed by atoms with van der Waals surface area (Å²) in [4.78, 5) is 20.7. The largest absolute Gasteiger partial charge is 0.346 e. The van der Waals surface area contributed by atoms with E-state index >= 15 is 0 Å². The highest BCUT2D eigenvalue weighted by atomic mass is 32.2. The third kappa shape index (κ3) is 4.08. The molecule has 1 aromatic carbocycles. The molecule has 5 heteroatoms. The summed E-state index contributed by atoms with van der Waals surface area (Å²) >= 11 is 1.80. The van der Waals surface area contributed by atoms with E-state index in [9.17, 15) is 4.79 Å². The number of amides is 1. The predicted octanol–water partition coefficient (Wildman–Crippen LogP) is 4.05. The van der Waals surface area contributed by atoms with Crippen LogP contribution in [-0.2, 0) is 4.79 Å². The van der Waals surface area contributed by atoms with Crippen LogP contribution in [0.1, 0.15) is 50.4 Å². The highest BCUT2D eigenvalue weighted by molar-refractivity contribution is 7.98. The lowest BCUT2D eigenvalue weighted by Crippen LogP contribution is -2.35. The first kappa shape index (κ1) is 16.4. The Hall–Kier alpha value is -1.49. The fourth-order valence-corrected chi connectivity index (χ4v) is 3.78. The topological polar surface area (TPSA) is 57.8 Å². The molecule has 23 heavy (non-hydrogen) atoms. The number of aromatic amines is 1. The monoisotopic (exact) mass is 331 g/mol. The zero-order chi connectivity index (χ0) is 16.1. The van der Waals surface area contributed by atoms with E-state index < -0.39 is 0 Å². The lowest BCUT2D eigenvalue weighted by Gasteiger charge is -2.24. The average Bonchev–Trinajstić information content (AvgIpc) is 3.03. The fourth-order valence-electron chi connectivity index (χ4n) is 3.30. The number of hydrogen-bond acceptors (Lipinski definition) is 3. The number of rotatable bonds is 6. The van der Waals surface area contributed by atoms with Crippen molar-refractivity contribution in [1.29, 1.82) is 0 Å². The first-order valence-corrected chi connectivity index (χ1v) is 9.91. The number of carbonyl (C=O) groups excluding carboxylic acids is 1. The maximum Gasteiger partial charge on any atom is 0.223 e. The molecule has 1 atom stereocenters. The van der Waals surface area contributed by atoms with Gasteiger partial charge >= 0.3 is 0 Å². The predicted molar refractivity (Wildman–Crippen MR) is 96.6 cm³/mol. The van der Waals surface area contributed by atoms with Crippen molar-refractivity contribution in [2.75, 3.05) is 12.0 Å². The molecule has 1 aliphatic carbocycles. The van der Waals surface area contributed by atoms with Crippen molar-refractivity contribution in [3.05, 3.63) is 30.1 Å². The van der Waals surface area contributed by atoms with Crippen molar-refractivity contribution in [3.63, 3.8) is 0 Å². The third-order valence-corrected chi connectivity index (χ3v) is 5.28. The van der Waals surface area contributed by atoms with Crippen LogP contribution in [0.15, 0.2) is 24.3 Å². The molecule has 3 rings (SSSR count). The van der Waals surface area contributed by atoms with Crippen LogP contribution in [0.4, 0.5) is 0 Å². The summed E-state index contributed by atoms with van der Waals surface area (Å²) in [5.74, 6) is 2.28. The minimum atomic E-state index is -0.0238. The molecule has 0 unspecified atom stereocenters. The summed E-state index contributed by atoms with van der Waals surface area (Å²) in [6, 6.07) is 8.00. The van der Waals surface area contributed by atoms with E-state index in [4.69, 9.17) is 0 Å². The van der Waals surface area contributed by atoms with Crippen LogP contribution in [0.25, 0.3) is 11.0 Å². The maximum absolute atomic E-state index is 12.6. The number of aromatic nitrogens is 2. The molecule has 2 aromatic rings. The lowest BCUT2D eigenvalue weighted by molar-refractivity contribution is -0.126. The SMILES string of the molecule is CSCC[C@@H](NC(=O)C1CCCCC1)c1nc2ccccc2[nH]1. The number of thioether (sulfide) groups is 1. The maximum atomic E-state index is 12.6. The van der Waals surface area contributed by atoms with Crippen molar-refractivity contribution in [2.45, 2.75) is 44.6 Å². The zero-order valence-corrected chi connectivity index (χ0v) is 14.5. The second-order valence-electron chi connectivity index (χ2n) is 6.32. The standard InChI is InChI=1S/C18H25N3OS/c1-23-12-11-16(21-18(22)13-7-3-2-4-8-13)17-19-14-9-5-6-10-15(14)20-17/h5-6,9-10,13,16H,2-4,7-8,11-12H2,1H3,(H,19,20)(H,21,22)/t16-/m1/s1. The van der Waals surface area contributed by atoms with Gasteiger partial charge in [-0.25, -0.2) is 4.98 Å². The van der Waals surface area contributed by atoms with Crippen molar-refractivity contribution in [3.8, 4) is 0 Å². The first-order valence-electron chi connectivity index (χ1n) is 8.52. The van der Waals surface area contributed by atoms with Gasteiger partial charge in [0.15, 0.2) is 0 Å². The minimum Gasteiger partial charge on any atom is -0.346 e. The summed E-state index contributed by atoms with van der Waals surface area (Å²) in [5, 5.41) is 3.25. The van der Waals surface area contributed by atoms with Gasteiger partial charge in [-0.2, -0.15) is 11.8 Å². The molecule has 1 fully saturated rings. The van der Waals surface area contributed by atoms with Crippen LogP contribution in [0, 0.1) is 5.92 Å². The van der Waals surface area contributed by atoms with Crippen molar-refractivity contribution in [2.24, 2.45) is 5.92 Å². The fraction of sp³-hybridized carbons (Fsp3) is 0.556. The second kappa shape index (κ2) is 7.86. The van der Waals surface area contributed by atoms with E-state index in [1.807, 2.05) is 24.3 Å². The molecule has 0 saturated heterocycles. The molecule has 1 aliphatic rings. The van der Waals surface area contributed by atoms with Gasteiger partial charge in [-0.15, -0.1) is 0 Å². The van der Waals surface area contributed by atoms with Gasteiger partial charge in [0.2, 0.25) is 5.91 Å². The van der Waals surface area contributed by atoms with Gasteiger partial charge in [-0.3, -0.25) is 4.79 Å². The highest BCUT2D eigenvalue weighted by Crippen LogP contribution is 2.26. The molecule has 0 bridgehead atoms. The van der Waals surface area contributed by atoms with Crippen molar-refractivity contribution >= 4 is 28.7 Å². The number of nitrogens with zero attached hydrogens (tertiary/aromatic N) is 1. The number of hydrogen-bond donors (Lipinski definition) is 2. The molecule has 4 nitrogen and oxygen atoms in total. The Balaban J connectivity index is 1.75. The lowest BCUT2D eigenvalue weighted by atomic mass is 9.88. The van der Waals surface area contributed by atoms with Crippen molar-refractivity contribution < 1.29 is 4.79 Å². The second-order valence-corrected chi connectivity index (χ2v) is 7.30. The van der Waals surface area contributed by atoms with E-state index in [2.05, 4.69) is 21.5 Å². The Morgan fingerprint density at radius 3 is 2.87 bits per heavy atom. The molecule has 1 heterocycles. The van der Waals surface area contributed by atoms with Crippen molar-refractivity contribution in [1.82, 2.24) is 15.3 Å².